The third-order valence-corrected chi connectivity index (χ3v) is 4.28. The summed E-state index contributed by atoms with van der Waals surface area (Å²) in [5, 5.41) is 7.43. The molecular formula is C17H23N5O2. The van der Waals surface area contributed by atoms with Crippen LogP contribution in [-0.2, 0) is 6.54 Å². The molecule has 2 aromatic rings. The van der Waals surface area contributed by atoms with Gasteiger partial charge in [-0.2, -0.15) is 5.10 Å². The van der Waals surface area contributed by atoms with E-state index in [2.05, 4.69) is 15.4 Å². The van der Waals surface area contributed by atoms with Crippen molar-refractivity contribution >= 4 is 11.7 Å². The average Bonchev–Trinajstić information content (AvgIpc) is 3.15. The number of ether oxygens (including phenoxy) is 1. The number of hydrogen-bond acceptors (Lipinski definition) is 4. The molecule has 24 heavy (non-hydrogen) atoms. The molecule has 1 aliphatic rings. The second kappa shape index (κ2) is 6.90. The molecule has 1 aliphatic heterocycles. The number of rotatable bonds is 4. The molecule has 1 atom stereocenters. The summed E-state index contributed by atoms with van der Waals surface area (Å²) in [5.74, 6) is 0.737. The minimum Gasteiger partial charge on any atom is -0.487 e. The molecule has 1 N–H and O–H groups in total. The van der Waals surface area contributed by atoms with Gasteiger partial charge in [0.1, 0.15) is 11.9 Å². The molecule has 0 radical (unpaired) electrons. The lowest BCUT2D eigenvalue weighted by atomic mass is 10.3. The Morgan fingerprint density at radius 3 is 2.96 bits per heavy atom. The molecule has 0 spiro atoms. The number of nitrogens with zero attached hydrogens (tertiary/aromatic N) is 4. The maximum Gasteiger partial charge on any atom is 0.322 e. The van der Waals surface area contributed by atoms with Crippen LogP contribution in [0.25, 0.3) is 0 Å². The highest BCUT2D eigenvalue weighted by atomic mass is 16.5. The normalized spacial score (nSPS) is 17.1. The predicted octanol–water partition coefficient (Wildman–Crippen LogP) is 2.60. The molecule has 7 nitrogen and oxygen atoms in total. The summed E-state index contributed by atoms with van der Waals surface area (Å²) in [6.07, 6.45) is 4.21. The first-order chi connectivity index (χ1) is 11.6. The van der Waals surface area contributed by atoms with Crippen LogP contribution < -0.4 is 10.1 Å². The topological polar surface area (TPSA) is 72.3 Å². The molecule has 128 valence electrons. The third kappa shape index (κ3) is 3.34. The van der Waals surface area contributed by atoms with Crippen molar-refractivity contribution in [2.45, 2.75) is 39.8 Å². The lowest BCUT2D eigenvalue weighted by Gasteiger charge is -2.18. The third-order valence-electron chi connectivity index (χ3n) is 4.28. The highest BCUT2D eigenvalue weighted by molar-refractivity contribution is 5.90. The van der Waals surface area contributed by atoms with Crippen molar-refractivity contribution in [2.75, 3.05) is 18.4 Å². The van der Waals surface area contributed by atoms with Crippen LogP contribution in [-0.4, -0.2) is 44.9 Å². The summed E-state index contributed by atoms with van der Waals surface area (Å²) in [4.78, 5) is 18.3. The second-order valence-electron chi connectivity index (χ2n) is 5.96. The highest BCUT2D eigenvalue weighted by Crippen LogP contribution is 2.22. The summed E-state index contributed by atoms with van der Waals surface area (Å²) in [6.45, 7) is 7.95. The number of aryl methyl sites for hydroxylation is 2. The van der Waals surface area contributed by atoms with E-state index in [4.69, 9.17) is 4.74 Å². The molecule has 2 aromatic heterocycles. The molecule has 0 aliphatic carbocycles. The quantitative estimate of drug-likeness (QED) is 0.936. The summed E-state index contributed by atoms with van der Waals surface area (Å²) >= 11 is 0. The zero-order valence-corrected chi connectivity index (χ0v) is 14.3. The average molecular weight is 329 g/mol. The van der Waals surface area contributed by atoms with Crippen molar-refractivity contribution in [1.82, 2.24) is 19.7 Å². The molecule has 0 saturated carbocycles. The molecule has 0 aromatic carbocycles. The number of aromatic nitrogens is 3. The second-order valence-corrected chi connectivity index (χ2v) is 5.96. The Hall–Kier alpha value is -2.57. The van der Waals surface area contributed by atoms with Crippen LogP contribution in [0.4, 0.5) is 10.5 Å². The van der Waals surface area contributed by atoms with Crippen molar-refractivity contribution in [3.8, 4) is 5.75 Å². The first kappa shape index (κ1) is 16.3. The van der Waals surface area contributed by atoms with E-state index in [0.29, 0.717) is 13.1 Å². The van der Waals surface area contributed by atoms with Gasteiger partial charge in [0, 0.05) is 25.7 Å². The Bertz CT molecular complexity index is 713. The Kier molecular flexibility index (Phi) is 4.69. The van der Waals surface area contributed by atoms with Gasteiger partial charge in [-0.25, -0.2) is 4.79 Å². The van der Waals surface area contributed by atoms with Crippen molar-refractivity contribution in [1.29, 1.82) is 0 Å². The maximum absolute atomic E-state index is 12.5. The Morgan fingerprint density at radius 1 is 1.46 bits per heavy atom. The molecule has 7 heteroatoms. The monoisotopic (exact) mass is 329 g/mol. The number of nitrogens with one attached hydrogen (secondary N) is 1. The van der Waals surface area contributed by atoms with Gasteiger partial charge in [-0.1, -0.05) is 0 Å². The minimum absolute atomic E-state index is 0.000471. The van der Waals surface area contributed by atoms with Gasteiger partial charge >= 0.3 is 6.03 Å². The standard InChI is InChI=1S/C17H23N5O2/c1-4-22-13(3)16(12(2)20-22)19-17(23)21-9-7-15(11-21)24-14-6-5-8-18-10-14/h5-6,8,10,15H,4,7,9,11H2,1-3H3,(H,19,23)/t15-/m0/s1. The summed E-state index contributed by atoms with van der Waals surface area (Å²) in [6, 6.07) is 3.61. The van der Waals surface area contributed by atoms with Crippen LogP contribution in [0, 0.1) is 13.8 Å². The van der Waals surface area contributed by atoms with Gasteiger partial charge in [0.25, 0.3) is 0 Å². The van der Waals surface area contributed by atoms with Crippen LogP contribution in [0.1, 0.15) is 24.7 Å². The number of urea groups is 1. The fourth-order valence-corrected chi connectivity index (χ4v) is 2.99. The van der Waals surface area contributed by atoms with Gasteiger partial charge in [-0.3, -0.25) is 9.67 Å². The van der Waals surface area contributed by atoms with Gasteiger partial charge < -0.3 is 15.0 Å². The minimum atomic E-state index is -0.103. The van der Waals surface area contributed by atoms with E-state index < -0.39 is 0 Å². The van der Waals surface area contributed by atoms with E-state index in [1.165, 1.54) is 0 Å². The van der Waals surface area contributed by atoms with Crippen LogP contribution in [0.15, 0.2) is 24.5 Å². The van der Waals surface area contributed by atoms with Crippen molar-refractivity contribution in [3.05, 3.63) is 35.9 Å². The predicted molar refractivity (Wildman–Crippen MR) is 91.2 cm³/mol. The van der Waals surface area contributed by atoms with Gasteiger partial charge in [0.15, 0.2) is 0 Å². The largest absolute Gasteiger partial charge is 0.487 e. The highest BCUT2D eigenvalue weighted by Gasteiger charge is 2.28. The molecule has 2 amide bonds. The van der Waals surface area contributed by atoms with E-state index in [1.54, 1.807) is 17.3 Å². The zero-order chi connectivity index (χ0) is 17.1. The van der Waals surface area contributed by atoms with Crippen LogP contribution >= 0.6 is 0 Å². The SMILES string of the molecule is CCn1nc(C)c(NC(=O)N2CC[C@H](Oc3cccnc3)C2)c1C. The molecule has 0 bridgehead atoms. The van der Waals surface area contributed by atoms with Gasteiger partial charge in [0.05, 0.1) is 29.8 Å². The fraction of sp³-hybridized carbons (Fsp3) is 0.471. The lowest BCUT2D eigenvalue weighted by Crippen LogP contribution is -2.34. The van der Waals surface area contributed by atoms with Gasteiger partial charge in [-0.05, 0) is 32.9 Å². The number of hydrogen-bond donors (Lipinski definition) is 1. The van der Waals surface area contributed by atoms with E-state index in [-0.39, 0.29) is 12.1 Å². The van der Waals surface area contributed by atoms with Crippen LogP contribution in [0.5, 0.6) is 5.75 Å². The number of likely N-dealkylation sites (tertiary alicyclic amines) is 1. The van der Waals surface area contributed by atoms with Crippen molar-refractivity contribution in [3.63, 3.8) is 0 Å². The number of carbonyl (C=O) groups excluding carboxylic acids is 1. The first-order valence-corrected chi connectivity index (χ1v) is 8.25. The molecular weight excluding hydrogens is 306 g/mol. The van der Waals surface area contributed by atoms with E-state index >= 15 is 0 Å². The van der Waals surface area contributed by atoms with Crippen molar-refractivity contribution < 1.29 is 9.53 Å². The zero-order valence-electron chi connectivity index (χ0n) is 14.3. The summed E-state index contributed by atoms with van der Waals surface area (Å²) < 4.78 is 7.77. The summed E-state index contributed by atoms with van der Waals surface area (Å²) in [5.41, 5.74) is 2.62. The van der Waals surface area contributed by atoms with E-state index in [9.17, 15) is 4.79 Å². The van der Waals surface area contributed by atoms with E-state index in [1.807, 2.05) is 37.6 Å². The fourth-order valence-electron chi connectivity index (χ4n) is 2.99. The van der Waals surface area contributed by atoms with Gasteiger partial charge in [0.2, 0.25) is 0 Å². The Balaban J connectivity index is 1.60. The molecule has 3 rings (SSSR count). The maximum atomic E-state index is 12.5. The smallest absolute Gasteiger partial charge is 0.322 e. The number of anilines is 1. The molecule has 1 saturated heterocycles. The Labute approximate surface area is 141 Å². The van der Waals surface area contributed by atoms with Gasteiger partial charge in [-0.15, -0.1) is 0 Å². The number of amides is 2. The summed E-state index contributed by atoms with van der Waals surface area (Å²) in [7, 11) is 0. The molecule has 3 heterocycles. The van der Waals surface area contributed by atoms with Crippen LogP contribution in [0.3, 0.4) is 0 Å². The first-order valence-electron chi connectivity index (χ1n) is 8.25. The molecule has 0 unspecified atom stereocenters. The molecule has 1 fully saturated rings. The van der Waals surface area contributed by atoms with Crippen molar-refractivity contribution in [2.24, 2.45) is 0 Å². The number of carbonyl (C=O) groups is 1. The van der Waals surface area contributed by atoms with Crippen LogP contribution in [0.2, 0.25) is 0 Å². The Morgan fingerprint density at radius 2 is 2.29 bits per heavy atom. The number of pyridine rings is 1. The lowest BCUT2D eigenvalue weighted by molar-refractivity contribution is 0.194. The van der Waals surface area contributed by atoms with E-state index in [0.717, 1.165) is 35.8 Å².